The van der Waals surface area contributed by atoms with Crippen LogP contribution in [0.1, 0.15) is 6.42 Å². The zero-order valence-electron chi connectivity index (χ0n) is 11.1. The smallest absolute Gasteiger partial charge is 0.323 e. The number of amides is 1. The summed E-state index contributed by atoms with van der Waals surface area (Å²) in [4.78, 5) is 27.1. The van der Waals surface area contributed by atoms with Crippen LogP contribution >= 0.6 is 0 Å². The molecular formula is C12H20N2O5. The molecule has 7 heteroatoms. The van der Waals surface area contributed by atoms with E-state index in [0.717, 1.165) is 0 Å². The highest BCUT2D eigenvalue weighted by atomic mass is 16.5. The highest BCUT2D eigenvalue weighted by molar-refractivity contribution is 5.81. The Labute approximate surface area is 112 Å². The van der Waals surface area contributed by atoms with Crippen molar-refractivity contribution < 1.29 is 24.2 Å². The minimum absolute atomic E-state index is 0.0358. The van der Waals surface area contributed by atoms with Crippen LogP contribution in [0.2, 0.25) is 0 Å². The fourth-order valence-corrected chi connectivity index (χ4v) is 2.52. The van der Waals surface area contributed by atoms with Gasteiger partial charge in [0.1, 0.15) is 6.04 Å². The number of β-amino-alcohol motifs (C(OH)–C–C–N with tert-alkyl or cyclic N) is 1. The number of esters is 1. The van der Waals surface area contributed by atoms with Crippen LogP contribution in [-0.4, -0.2) is 85.4 Å². The lowest BCUT2D eigenvalue weighted by Gasteiger charge is -2.29. The topological polar surface area (TPSA) is 79.3 Å². The van der Waals surface area contributed by atoms with Crippen LogP contribution in [-0.2, 0) is 19.1 Å². The number of aliphatic hydroxyl groups is 1. The van der Waals surface area contributed by atoms with Crippen molar-refractivity contribution in [2.45, 2.75) is 18.6 Å². The summed E-state index contributed by atoms with van der Waals surface area (Å²) in [5.74, 6) is -0.433. The maximum absolute atomic E-state index is 12.1. The Balaban J connectivity index is 1.92. The molecule has 2 rings (SSSR count). The molecule has 0 aliphatic carbocycles. The van der Waals surface area contributed by atoms with Gasteiger partial charge in [0.05, 0.1) is 33.0 Å². The number of carbonyl (C=O) groups excluding carboxylic acids is 2. The van der Waals surface area contributed by atoms with E-state index in [-0.39, 0.29) is 12.5 Å². The average molecular weight is 272 g/mol. The lowest BCUT2D eigenvalue weighted by atomic mass is 10.2. The van der Waals surface area contributed by atoms with E-state index in [0.29, 0.717) is 39.3 Å². The first kappa shape index (κ1) is 14.2. The molecule has 108 valence electrons. The zero-order chi connectivity index (χ0) is 13.8. The predicted octanol–water partition coefficient (Wildman–Crippen LogP) is -1.55. The number of hydrogen-bond donors (Lipinski definition) is 1. The monoisotopic (exact) mass is 272 g/mol. The summed E-state index contributed by atoms with van der Waals surface area (Å²) in [6.45, 7) is 2.73. The summed E-state index contributed by atoms with van der Waals surface area (Å²) in [6, 6.07) is -0.523. The van der Waals surface area contributed by atoms with E-state index in [9.17, 15) is 14.7 Å². The van der Waals surface area contributed by atoms with Crippen LogP contribution in [0.3, 0.4) is 0 Å². The average Bonchev–Trinajstić information content (AvgIpc) is 2.79. The van der Waals surface area contributed by atoms with Gasteiger partial charge >= 0.3 is 5.97 Å². The van der Waals surface area contributed by atoms with Crippen molar-refractivity contribution in [2.24, 2.45) is 0 Å². The standard InChI is InChI=1S/C12H20N2O5/c1-18-12(17)10-6-9(15)7-14(10)8-11(16)13-2-4-19-5-3-13/h9-10,15H,2-8H2,1H3. The minimum atomic E-state index is -0.582. The van der Waals surface area contributed by atoms with Gasteiger partial charge in [0, 0.05) is 26.1 Å². The summed E-state index contributed by atoms with van der Waals surface area (Å²) < 4.78 is 9.90. The van der Waals surface area contributed by atoms with Crippen LogP contribution < -0.4 is 0 Å². The van der Waals surface area contributed by atoms with Gasteiger partial charge in [0.25, 0.3) is 0 Å². The molecule has 2 atom stereocenters. The first-order chi connectivity index (χ1) is 9.11. The van der Waals surface area contributed by atoms with Crippen molar-refractivity contribution in [3.05, 3.63) is 0 Å². The Morgan fingerprint density at radius 1 is 1.37 bits per heavy atom. The second-order valence-electron chi connectivity index (χ2n) is 4.85. The third-order valence-electron chi connectivity index (χ3n) is 3.56. The lowest BCUT2D eigenvalue weighted by molar-refractivity contribution is -0.147. The van der Waals surface area contributed by atoms with Crippen molar-refractivity contribution in [3.63, 3.8) is 0 Å². The first-order valence-corrected chi connectivity index (χ1v) is 6.47. The quantitative estimate of drug-likeness (QED) is 0.627. The van der Waals surface area contributed by atoms with Gasteiger partial charge in [-0.05, 0) is 0 Å². The summed E-state index contributed by atoms with van der Waals surface area (Å²) in [7, 11) is 1.31. The second-order valence-corrected chi connectivity index (χ2v) is 4.85. The van der Waals surface area contributed by atoms with Crippen LogP contribution in [0, 0.1) is 0 Å². The van der Waals surface area contributed by atoms with Gasteiger partial charge < -0.3 is 19.5 Å². The molecule has 7 nitrogen and oxygen atoms in total. The number of morpholine rings is 1. The highest BCUT2D eigenvalue weighted by Gasteiger charge is 2.38. The number of aliphatic hydroxyl groups excluding tert-OH is 1. The predicted molar refractivity (Wildman–Crippen MR) is 65.4 cm³/mol. The van der Waals surface area contributed by atoms with Gasteiger partial charge in [-0.2, -0.15) is 0 Å². The van der Waals surface area contributed by atoms with Crippen molar-refractivity contribution in [3.8, 4) is 0 Å². The molecule has 0 aromatic rings. The molecule has 0 bridgehead atoms. The summed E-state index contributed by atoms with van der Waals surface area (Å²) >= 11 is 0. The molecule has 2 aliphatic rings. The van der Waals surface area contributed by atoms with E-state index in [1.165, 1.54) is 7.11 Å². The summed E-state index contributed by atoms with van der Waals surface area (Å²) in [5, 5.41) is 9.64. The van der Waals surface area contributed by atoms with E-state index in [2.05, 4.69) is 0 Å². The number of nitrogens with zero attached hydrogens (tertiary/aromatic N) is 2. The van der Waals surface area contributed by atoms with Crippen molar-refractivity contribution in [1.29, 1.82) is 0 Å². The van der Waals surface area contributed by atoms with E-state index in [4.69, 9.17) is 9.47 Å². The maximum Gasteiger partial charge on any atom is 0.323 e. The summed E-state index contributed by atoms with van der Waals surface area (Å²) in [5.41, 5.74) is 0. The molecule has 2 saturated heterocycles. The van der Waals surface area contributed by atoms with Gasteiger partial charge in [-0.15, -0.1) is 0 Å². The molecule has 19 heavy (non-hydrogen) atoms. The Bertz CT molecular complexity index is 343. The Morgan fingerprint density at radius 3 is 2.68 bits per heavy atom. The molecule has 0 aromatic carbocycles. The van der Waals surface area contributed by atoms with Crippen molar-refractivity contribution >= 4 is 11.9 Å². The maximum atomic E-state index is 12.1. The second kappa shape index (κ2) is 6.31. The molecule has 0 radical (unpaired) electrons. The van der Waals surface area contributed by atoms with Gasteiger partial charge in [-0.25, -0.2) is 0 Å². The molecule has 2 fully saturated rings. The number of hydrogen-bond acceptors (Lipinski definition) is 6. The SMILES string of the molecule is COC(=O)C1CC(O)CN1CC(=O)N1CCOCC1. The third-order valence-corrected chi connectivity index (χ3v) is 3.56. The normalized spacial score (nSPS) is 28.4. The van der Waals surface area contributed by atoms with Gasteiger partial charge in [-0.3, -0.25) is 14.5 Å². The van der Waals surface area contributed by atoms with E-state index >= 15 is 0 Å². The first-order valence-electron chi connectivity index (χ1n) is 6.47. The van der Waals surface area contributed by atoms with Gasteiger partial charge in [0.15, 0.2) is 0 Å². The largest absolute Gasteiger partial charge is 0.468 e. The molecule has 2 heterocycles. The number of likely N-dealkylation sites (tertiary alicyclic amines) is 1. The molecule has 1 N–H and O–H groups in total. The number of methoxy groups -OCH3 is 1. The van der Waals surface area contributed by atoms with E-state index < -0.39 is 18.1 Å². The van der Waals surface area contributed by atoms with Crippen LogP contribution in [0.5, 0.6) is 0 Å². The molecule has 0 spiro atoms. The summed E-state index contributed by atoms with van der Waals surface area (Å²) in [6.07, 6.45) is -0.259. The van der Waals surface area contributed by atoms with E-state index in [1.54, 1.807) is 9.80 Å². The Kier molecular flexibility index (Phi) is 4.73. The number of rotatable bonds is 3. The zero-order valence-corrected chi connectivity index (χ0v) is 11.1. The fourth-order valence-electron chi connectivity index (χ4n) is 2.52. The molecule has 1 amide bonds. The number of ether oxygens (including phenoxy) is 2. The molecule has 2 aliphatic heterocycles. The van der Waals surface area contributed by atoms with E-state index in [1.807, 2.05) is 0 Å². The Hall–Kier alpha value is -1.18. The third kappa shape index (κ3) is 3.43. The van der Waals surface area contributed by atoms with Crippen LogP contribution in [0.15, 0.2) is 0 Å². The minimum Gasteiger partial charge on any atom is -0.468 e. The lowest BCUT2D eigenvalue weighted by Crippen LogP contribution is -2.48. The van der Waals surface area contributed by atoms with Gasteiger partial charge in [-0.1, -0.05) is 0 Å². The van der Waals surface area contributed by atoms with Crippen molar-refractivity contribution in [2.75, 3.05) is 46.5 Å². The fraction of sp³-hybridized carbons (Fsp3) is 0.833. The molecule has 2 unspecified atom stereocenters. The molecule has 0 saturated carbocycles. The highest BCUT2D eigenvalue weighted by Crippen LogP contribution is 2.19. The van der Waals surface area contributed by atoms with Crippen LogP contribution in [0.25, 0.3) is 0 Å². The van der Waals surface area contributed by atoms with Gasteiger partial charge in [0.2, 0.25) is 5.91 Å². The number of carbonyl (C=O) groups is 2. The molecular weight excluding hydrogens is 252 g/mol. The van der Waals surface area contributed by atoms with Crippen molar-refractivity contribution in [1.82, 2.24) is 9.80 Å². The Morgan fingerprint density at radius 2 is 2.05 bits per heavy atom. The molecule has 0 aromatic heterocycles. The van der Waals surface area contributed by atoms with Crippen LogP contribution in [0.4, 0.5) is 0 Å².